The van der Waals surface area contributed by atoms with Crippen LogP contribution in [-0.4, -0.2) is 48.9 Å². The lowest BCUT2D eigenvalue weighted by atomic mass is 10.2. The summed E-state index contributed by atoms with van der Waals surface area (Å²) in [6.07, 6.45) is 1.43. The number of hydrogen-bond acceptors (Lipinski definition) is 4. The summed E-state index contributed by atoms with van der Waals surface area (Å²) in [5.74, 6) is -0.696. The molecule has 1 fully saturated rings. The molecule has 24 heavy (non-hydrogen) atoms. The van der Waals surface area contributed by atoms with Crippen molar-refractivity contribution in [3.63, 3.8) is 0 Å². The number of hydrogen-bond donors (Lipinski definition) is 3. The number of carbonyl (C=O) groups excluding carboxylic acids is 3. The molecule has 1 saturated heterocycles. The highest BCUT2D eigenvalue weighted by atomic mass is 35.5. The summed E-state index contributed by atoms with van der Waals surface area (Å²) in [6, 6.07) is 3.75. The highest BCUT2D eigenvalue weighted by Gasteiger charge is 2.32. The molecule has 0 bridgehead atoms. The maximum Gasteiger partial charge on any atom is 0.321 e. The number of nitrogens with zero attached hydrogens (tertiary/aromatic N) is 1. The maximum absolute atomic E-state index is 12.5. The van der Waals surface area contributed by atoms with Crippen LogP contribution in [0.15, 0.2) is 18.2 Å². The highest BCUT2D eigenvalue weighted by Crippen LogP contribution is 2.24. The molecule has 7 nitrogen and oxygen atoms in total. The molecular formula is C15H18Cl2N4O3. The number of imide groups is 1. The number of nitrogens with one attached hydrogen (secondary N) is 3. The maximum atomic E-state index is 12.5. The zero-order chi connectivity index (χ0) is 17.7. The van der Waals surface area contributed by atoms with E-state index in [0.717, 1.165) is 6.42 Å². The van der Waals surface area contributed by atoms with E-state index in [1.165, 1.54) is 7.05 Å². The van der Waals surface area contributed by atoms with Crippen molar-refractivity contribution in [1.29, 1.82) is 0 Å². The second kappa shape index (κ2) is 8.32. The van der Waals surface area contributed by atoms with Crippen LogP contribution in [0.4, 0.5) is 10.5 Å². The van der Waals surface area contributed by atoms with E-state index in [1.807, 2.05) is 0 Å². The Bertz CT molecular complexity index is 633. The Kier molecular flexibility index (Phi) is 6.42. The molecule has 3 N–H and O–H groups in total. The molecule has 9 heteroatoms. The number of likely N-dealkylation sites (tertiary alicyclic amines) is 1. The Hall–Kier alpha value is -1.83. The Labute approximate surface area is 149 Å². The quantitative estimate of drug-likeness (QED) is 0.752. The molecule has 1 atom stereocenters. The van der Waals surface area contributed by atoms with E-state index >= 15 is 0 Å². The third-order valence-corrected chi connectivity index (χ3v) is 4.06. The van der Waals surface area contributed by atoms with Crippen LogP contribution >= 0.6 is 23.2 Å². The van der Waals surface area contributed by atoms with Gasteiger partial charge in [-0.05, 0) is 37.6 Å². The molecule has 0 radical (unpaired) electrons. The highest BCUT2D eigenvalue weighted by molar-refractivity contribution is 6.35. The van der Waals surface area contributed by atoms with Crippen molar-refractivity contribution in [2.75, 3.05) is 25.5 Å². The van der Waals surface area contributed by atoms with Crippen molar-refractivity contribution in [2.45, 2.75) is 18.9 Å². The summed E-state index contributed by atoms with van der Waals surface area (Å²) >= 11 is 11.8. The van der Waals surface area contributed by atoms with Crippen LogP contribution in [0.25, 0.3) is 0 Å². The van der Waals surface area contributed by atoms with Gasteiger partial charge in [0.15, 0.2) is 0 Å². The molecule has 1 aliphatic heterocycles. The van der Waals surface area contributed by atoms with Crippen molar-refractivity contribution in [2.24, 2.45) is 0 Å². The van der Waals surface area contributed by atoms with E-state index in [-0.39, 0.29) is 12.5 Å². The largest absolute Gasteiger partial charge is 0.341 e. The molecule has 1 aliphatic rings. The van der Waals surface area contributed by atoms with Gasteiger partial charge in [-0.2, -0.15) is 0 Å². The number of halogens is 2. The van der Waals surface area contributed by atoms with Gasteiger partial charge in [0.25, 0.3) is 0 Å². The first-order valence-electron chi connectivity index (χ1n) is 7.41. The van der Waals surface area contributed by atoms with Crippen LogP contribution in [0.1, 0.15) is 12.8 Å². The van der Waals surface area contributed by atoms with Crippen molar-refractivity contribution in [3.05, 3.63) is 28.2 Å². The van der Waals surface area contributed by atoms with Gasteiger partial charge in [-0.3, -0.25) is 19.8 Å². The summed E-state index contributed by atoms with van der Waals surface area (Å²) in [5.41, 5.74) is 0.499. The molecule has 0 spiro atoms. The molecule has 1 aromatic carbocycles. The fourth-order valence-corrected chi connectivity index (χ4v) is 3.10. The summed E-state index contributed by atoms with van der Waals surface area (Å²) in [6.45, 7) is 0.581. The molecule has 1 aromatic rings. The van der Waals surface area contributed by atoms with Gasteiger partial charge in [0.1, 0.15) is 0 Å². The van der Waals surface area contributed by atoms with E-state index < -0.39 is 18.0 Å². The monoisotopic (exact) mass is 372 g/mol. The minimum Gasteiger partial charge on any atom is -0.341 e. The average molecular weight is 373 g/mol. The molecule has 0 aliphatic carbocycles. The third kappa shape index (κ3) is 5.09. The first kappa shape index (κ1) is 18.5. The summed E-state index contributed by atoms with van der Waals surface area (Å²) in [7, 11) is 1.42. The average Bonchev–Trinajstić information content (AvgIpc) is 2.93. The number of anilines is 1. The van der Waals surface area contributed by atoms with Gasteiger partial charge in [0.05, 0.1) is 12.6 Å². The molecule has 2 rings (SSSR count). The number of urea groups is 1. The topological polar surface area (TPSA) is 90.5 Å². The van der Waals surface area contributed by atoms with E-state index in [0.29, 0.717) is 28.7 Å². The minimum absolute atomic E-state index is 0.0260. The van der Waals surface area contributed by atoms with Gasteiger partial charge in [0.2, 0.25) is 11.8 Å². The van der Waals surface area contributed by atoms with Gasteiger partial charge in [-0.25, -0.2) is 4.79 Å². The van der Waals surface area contributed by atoms with Gasteiger partial charge in [0, 0.05) is 22.8 Å². The lowest BCUT2D eigenvalue weighted by molar-refractivity contribution is -0.124. The van der Waals surface area contributed by atoms with Crippen LogP contribution in [0.2, 0.25) is 10.0 Å². The molecule has 1 heterocycles. The molecule has 0 aromatic heterocycles. The Balaban J connectivity index is 1.97. The van der Waals surface area contributed by atoms with Gasteiger partial charge in [-0.1, -0.05) is 23.2 Å². The minimum atomic E-state index is -0.575. The fourth-order valence-electron chi connectivity index (χ4n) is 2.58. The zero-order valence-corrected chi connectivity index (χ0v) is 14.6. The van der Waals surface area contributed by atoms with Crippen molar-refractivity contribution in [1.82, 2.24) is 15.5 Å². The summed E-state index contributed by atoms with van der Waals surface area (Å²) in [4.78, 5) is 37.1. The molecule has 1 unspecified atom stereocenters. The van der Waals surface area contributed by atoms with E-state index in [2.05, 4.69) is 16.0 Å². The lowest BCUT2D eigenvalue weighted by Crippen LogP contribution is -2.47. The first-order valence-corrected chi connectivity index (χ1v) is 8.17. The normalized spacial score (nSPS) is 17.4. The van der Waals surface area contributed by atoms with Gasteiger partial charge >= 0.3 is 6.03 Å². The van der Waals surface area contributed by atoms with Crippen LogP contribution < -0.4 is 16.0 Å². The number of carbonyl (C=O) groups is 3. The standard InChI is InChI=1S/C15H18Cl2N4O3/c1-18-15(24)20-13(22)8-21-4-2-3-12(21)14(23)19-11-6-9(16)5-10(17)7-11/h5-7,12H,2-4,8H2,1H3,(H,19,23)(H2,18,20,22,24). The smallest absolute Gasteiger partial charge is 0.321 e. The Morgan fingerprint density at radius 2 is 1.88 bits per heavy atom. The van der Waals surface area contributed by atoms with Crippen LogP contribution in [0, 0.1) is 0 Å². The molecular weight excluding hydrogens is 355 g/mol. The molecule has 0 saturated carbocycles. The number of rotatable bonds is 4. The zero-order valence-electron chi connectivity index (χ0n) is 13.1. The van der Waals surface area contributed by atoms with Gasteiger partial charge in [-0.15, -0.1) is 0 Å². The number of benzene rings is 1. The van der Waals surface area contributed by atoms with Gasteiger partial charge < -0.3 is 10.6 Å². The predicted octanol–water partition coefficient (Wildman–Crippen LogP) is 1.85. The third-order valence-electron chi connectivity index (χ3n) is 3.62. The van der Waals surface area contributed by atoms with Crippen molar-refractivity contribution < 1.29 is 14.4 Å². The van der Waals surface area contributed by atoms with E-state index in [1.54, 1.807) is 23.1 Å². The predicted molar refractivity (Wildman–Crippen MR) is 92.3 cm³/mol. The lowest BCUT2D eigenvalue weighted by Gasteiger charge is -2.23. The second-order valence-electron chi connectivity index (χ2n) is 5.40. The van der Waals surface area contributed by atoms with Crippen LogP contribution in [0.3, 0.4) is 0 Å². The molecule has 4 amide bonds. The second-order valence-corrected chi connectivity index (χ2v) is 6.28. The first-order chi connectivity index (χ1) is 11.4. The Morgan fingerprint density at radius 3 is 2.50 bits per heavy atom. The van der Waals surface area contributed by atoms with E-state index in [9.17, 15) is 14.4 Å². The van der Waals surface area contributed by atoms with Crippen molar-refractivity contribution in [3.8, 4) is 0 Å². The number of amides is 4. The SMILES string of the molecule is CNC(=O)NC(=O)CN1CCCC1C(=O)Nc1cc(Cl)cc(Cl)c1. The Morgan fingerprint density at radius 1 is 1.21 bits per heavy atom. The van der Waals surface area contributed by atoms with Crippen LogP contribution in [0.5, 0.6) is 0 Å². The molecule has 130 valence electrons. The summed E-state index contributed by atoms with van der Waals surface area (Å²) < 4.78 is 0. The van der Waals surface area contributed by atoms with Crippen molar-refractivity contribution >= 4 is 46.7 Å². The fraction of sp³-hybridized carbons (Fsp3) is 0.400. The van der Waals surface area contributed by atoms with Crippen LogP contribution in [-0.2, 0) is 9.59 Å². The summed E-state index contributed by atoms with van der Waals surface area (Å²) in [5, 5.41) is 8.09. The van der Waals surface area contributed by atoms with E-state index in [4.69, 9.17) is 23.2 Å².